The fraction of sp³-hybridized carbons (Fsp3) is 0.714. The standard InChI is InChI=1S/C42H72N2O5/c1-6-11-16-21-34-46-43(47-35-22-17-12-7-2)40-29-25-38(26-30-40)42(45-33-20-15-10-5)39-27-31-41(32-28-39)44(48-36-23-18-13-8-3)49-37-24-19-14-9-4/h25-32,42H,6-24,33-37H2,1-5H3. The van der Waals surface area contributed by atoms with Crippen molar-refractivity contribution in [2.45, 2.75) is 163 Å². The van der Waals surface area contributed by atoms with Crippen molar-refractivity contribution in [2.75, 3.05) is 43.5 Å². The van der Waals surface area contributed by atoms with Gasteiger partial charge in [0.05, 0.1) is 37.8 Å². The van der Waals surface area contributed by atoms with Crippen LogP contribution in [-0.4, -0.2) is 33.0 Å². The topological polar surface area (TPSA) is 52.6 Å². The van der Waals surface area contributed by atoms with Gasteiger partial charge in [0.15, 0.2) is 0 Å². The van der Waals surface area contributed by atoms with Crippen molar-refractivity contribution in [3.05, 3.63) is 59.7 Å². The molecule has 0 amide bonds. The number of hydrogen-bond acceptors (Lipinski definition) is 7. The second kappa shape index (κ2) is 29.6. The van der Waals surface area contributed by atoms with Crippen LogP contribution in [-0.2, 0) is 24.1 Å². The third kappa shape index (κ3) is 19.1. The fourth-order valence-electron chi connectivity index (χ4n) is 5.56. The van der Waals surface area contributed by atoms with Crippen LogP contribution in [0.15, 0.2) is 48.5 Å². The van der Waals surface area contributed by atoms with Gasteiger partial charge in [0.1, 0.15) is 6.10 Å². The lowest BCUT2D eigenvalue weighted by Crippen LogP contribution is -2.25. The van der Waals surface area contributed by atoms with E-state index >= 15 is 0 Å². The van der Waals surface area contributed by atoms with Gasteiger partial charge >= 0.3 is 0 Å². The van der Waals surface area contributed by atoms with Gasteiger partial charge in [-0.15, -0.1) is 10.5 Å². The van der Waals surface area contributed by atoms with E-state index in [1.807, 2.05) is 0 Å². The molecule has 2 aromatic carbocycles. The van der Waals surface area contributed by atoms with Crippen molar-refractivity contribution in [2.24, 2.45) is 0 Å². The lowest BCUT2D eigenvalue weighted by atomic mass is 10.0. The van der Waals surface area contributed by atoms with E-state index in [9.17, 15) is 0 Å². The van der Waals surface area contributed by atoms with E-state index in [1.165, 1.54) is 77.0 Å². The van der Waals surface area contributed by atoms with Gasteiger partial charge < -0.3 is 4.74 Å². The molecule has 2 rings (SSSR count). The Morgan fingerprint density at radius 3 is 0.959 bits per heavy atom. The van der Waals surface area contributed by atoms with Crippen molar-refractivity contribution >= 4 is 11.4 Å². The molecule has 0 saturated heterocycles. The maximum absolute atomic E-state index is 6.57. The van der Waals surface area contributed by atoms with E-state index < -0.39 is 0 Å². The van der Waals surface area contributed by atoms with Gasteiger partial charge in [0.25, 0.3) is 0 Å². The summed E-state index contributed by atoms with van der Waals surface area (Å²) in [6, 6.07) is 16.9. The van der Waals surface area contributed by atoms with Gasteiger partial charge in [-0.25, -0.2) is 19.4 Å². The fourth-order valence-corrected chi connectivity index (χ4v) is 5.56. The van der Waals surface area contributed by atoms with Gasteiger partial charge in [-0.05, 0) is 67.5 Å². The zero-order valence-corrected chi connectivity index (χ0v) is 32.1. The van der Waals surface area contributed by atoms with E-state index in [0.29, 0.717) is 33.0 Å². The predicted octanol–water partition coefficient (Wildman–Crippen LogP) is 12.6. The monoisotopic (exact) mass is 685 g/mol. The zero-order valence-electron chi connectivity index (χ0n) is 32.1. The predicted molar refractivity (Wildman–Crippen MR) is 206 cm³/mol. The summed E-state index contributed by atoms with van der Waals surface area (Å²) in [7, 11) is 0. The van der Waals surface area contributed by atoms with Gasteiger partial charge in [-0.1, -0.05) is 149 Å². The van der Waals surface area contributed by atoms with Crippen molar-refractivity contribution < 1.29 is 24.1 Å². The zero-order chi connectivity index (χ0) is 35.2. The highest BCUT2D eigenvalue weighted by Gasteiger charge is 2.18. The first-order chi connectivity index (χ1) is 24.2. The average Bonchev–Trinajstić information content (AvgIpc) is 3.13. The van der Waals surface area contributed by atoms with Crippen LogP contribution < -0.4 is 10.5 Å². The first-order valence-electron chi connectivity index (χ1n) is 20.1. The maximum Gasteiger partial charge on any atom is 0.108 e. The van der Waals surface area contributed by atoms with Crippen LogP contribution >= 0.6 is 0 Å². The first kappa shape index (κ1) is 43.0. The molecule has 0 heterocycles. The maximum atomic E-state index is 6.57. The number of nitrogens with zero attached hydrogens (tertiary/aromatic N) is 2. The van der Waals surface area contributed by atoms with Crippen LogP contribution in [0.1, 0.15) is 174 Å². The molecule has 0 fully saturated rings. The average molecular weight is 685 g/mol. The number of benzene rings is 2. The molecule has 0 atom stereocenters. The minimum atomic E-state index is -0.184. The Morgan fingerprint density at radius 1 is 0.367 bits per heavy atom. The Kier molecular flexibility index (Phi) is 25.9. The Bertz CT molecular complexity index is 900. The molecule has 0 spiro atoms. The third-order valence-electron chi connectivity index (χ3n) is 8.67. The molecule has 0 aliphatic carbocycles. The summed E-state index contributed by atoms with van der Waals surface area (Å²) in [5.41, 5.74) is 4.01. The lowest BCUT2D eigenvalue weighted by Gasteiger charge is -2.25. The van der Waals surface area contributed by atoms with Crippen LogP contribution in [0.4, 0.5) is 11.4 Å². The second-order valence-corrected chi connectivity index (χ2v) is 13.2. The van der Waals surface area contributed by atoms with Crippen LogP contribution in [0, 0.1) is 0 Å². The number of unbranched alkanes of at least 4 members (excludes halogenated alkanes) is 14. The van der Waals surface area contributed by atoms with Crippen LogP contribution in [0.2, 0.25) is 0 Å². The highest BCUT2D eigenvalue weighted by atomic mass is 17.0. The molecule has 7 nitrogen and oxygen atoms in total. The molecule has 0 saturated carbocycles. The van der Waals surface area contributed by atoms with Gasteiger partial charge in [-0.3, -0.25) is 0 Å². The van der Waals surface area contributed by atoms with E-state index in [2.05, 4.69) is 83.1 Å². The number of rotatable bonds is 33. The number of ether oxygens (including phenoxy) is 1. The summed E-state index contributed by atoms with van der Waals surface area (Å²) < 4.78 is 6.57. The van der Waals surface area contributed by atoms with Crippen LogP contribution in [0.3, 0.4) is 0 Å². The Hall–Kier alpha value is -2.16. The molecule has 0 aromatic heterocycles. The second-order valence-electron chi connectivity index (χ2n) is 13.2. The lowest BCUT2D eigenvalue weighted by molar-refractivity contribution is -0.0916. The summed E-state index contributed by atoms with van der Waals surface area (Å²) in [6.45, 7) is 14.4. The molecule has 0 bridgehead atoms. The Morgan fingerprint density at radius 2 is 0.653 bits per heavy atom. The number of anilines is 2. The first-order valence-corrected chi connectivity index (χ1v) is 20.1. The molecular formula is C42H72N2O5. The molecule has 0 radical (unpaired) electrons. The van der Waals surface area contributed by atoms with Crippen LogP contribution in [0.25, 0.3) is 0 Å². The SMILES string of the molecule is CCCCCCON(OCCCCCC)c1ccc(C(OCCCCC)c2ccc(N(OCCCCCC)OCCCCCC)cc2)cc1. The minimum Gasteiger partial charge on any atom is -0.369 e. The molecule has 7 heteroatoms. The Balaban J connectivity index is 2.20. The van der Waals surface area contributed by atoms with E-state index in [0.717, 1.165) is 67.4 Å². The van der Waals surface area contributed by atoms with Gasteiger partial charge in [0.2, 0.25) is 0 Å². The molecule has 2 aromatic rings. The van der Waals surface area contributed by atoms with E-state index in [1.54, 1.807) is 10.5 Å². The molecule has 280 valence electrons. The molecule has 49 heavy (non-hydrogen) atoms. The summed E-state index contributed by atoms with van der Waals surface area (Å²) in [5.74, 6) is 0. The summed E-state index contributed by atoms with van der Waals surface area (Å²) in [4.78, 5) is 24.6. The van der Waals surface area contributed by atoms with Crippen LogP contribution in [0.5, 0.6) is 0 Å². The summed E-state index contributed by atoms with van der Waals surface area (Å²) in [6.07, 6.45) is 21.7. The highest BCUT2D eigenvalue weighted by molar-refractivity contribution is 5.48. The van der Waals surface area contributed by atoms with Crippen molar-refractivity contribution in [3.63, 3.8) is 0 Å². The molecule has 0 N–H and O–H groups in total. The van der Waals surface area contributed by atoms with Gasteiger partial charge in [-0.2, -0.15) is 0 Å². The summed E-state index contributed by atoms with van der Waals surface area (Å²) in [5, 5.41) is 3.26. The van der Waals surface area contributed by atoms with E-state index in [4.69, 9.17) is 24.1 Å². The third-order valence-corrected chi connectivity index (χ3v) is 8.67. The molecule has 0 aliphatic heterocycles. The molecule has 0 unspecified atom stereocenters. The van der Waals surface area contributed by atoms with Crippen molar-refractivity contribution in [1.29, 1.82) is 0 Å². The molecular weight excluding hydrogens is 612 g/mol. The van der Waals surface area contributed by atoms with Crippen molar-refractivity contribution in [3.8, 4) is 0 Å². The highest BCUT2D eigenvalue weighted by Crippen LogP contribution is 2.30. The Labute approximate surface area is 300 Å². The van der Waals surface area contributed by atoms with Gasteiger partial charge in [0, 0.05) is 6.61 Å². The smallest absolute Gasteiger partial charge is 0.108 e. The quantitative estimate of drug-likeness (QED) is 0.0548. The van der Waals surface area contributed by atoms with Crippen molar-refractivity contribution in [1.82, 2.24) is 0 Å². The normalized spacial score (nSPS) is 11.5. The van der Waals surface area contributed by atoms with E-state index in [-0.39, 0.29) is 6.10 Å². The molecule has 0 aliphatic rings. The largest absolute Gasteiger partial charge is 0.369 e. The number of hydrogen-bond donors (Lipinski definition) is 0. The minimum absolute atomic E-state index is 0.184. The summed E-state index contributed by atoms with van der Waals surface area (Å²) >= 11 is 0.